The molecule has 1 atom stereocenters. The summed E-state index contributed by atoms with van der Waals surface area (Å²) < 4.78 is 5.26. The second-order valence-corrected chi connectivity index (χ2v) is 4.28. The van der Waals surface area contributed by atoms with E-state index in [4.69, 9.17) is 4.74 Å². The van der Waals surface area contributed by atoms with E-state index in [0.29, 0.717) is 6.04 Å². The van der Waals surface area contributed by atoms with Crippen molar-refractivity contribution in [3.63, 3.8) is 0 Å². The fourth-order valence-electron chi connectivity index (χ4n) is 2.28. The molecule has 1 fully saturated rings. The number of aryl methyl sites for hydroxylation is 1. The highest BCUT2D eigenvalue weighted by Gasteiger charge is 2.24. The van der Waals surface area contributed by atoms with Gasteiger partial charge in [-0.15, -0.1) is 0 Å². The van der Waals surface area contributed by atoms with Crippen LogP contribution < -0.4 is 4.90 Å². The quantitative estimate of drug-likeness (QED) is 0.752. The van der Waals surface area contributed by atoms with Gasteiger partial charge in [-0.05, 0) is 31.9 Å². The third kappa shape index (κ3) is 2.32. The summed E-state index contributed by atoms with van der Waals surface area (Å²) in [7, 11) is 1.78. The van der Waals surface area contributed by atoms with Crippen LogP contribution in [0.25, 0.3) is 0 Å². The van der Waals surface area contributed by atoms with Crippen molar-refractivity contribution in [3.8, 4) is 0 Å². The smallest absolute Gasteiger partial charge is 0.0666 e. The molecule has 1 heterocycles. The average molecular weight is 205 g/mol. The minimum atomic E-state index is 0.567. The molecule has 1 aliphatic rings. The van der Waals surface area contributed by atoms with Gasteiger partial charge in [-0.1, -0.05) is 17.7 Å². The van der Waals surface area contributed by atoms with Crippen molar-refractivity contribution in [1.29, 1.82) is 0 Å². The monoisotopic (exact) mass is 205 g/mol. The normalized spacial score (nSPS) is 20.9. The maximum Gasteiger partial charge on any atom is 0.0666 e. The molecule has 1 aliphatic heterocycles. The molecule has 2 heteroatoms. The lowest BCUT2D eigenvalue weighted by Crippen LogP contribution is -2.32. The largest absolute Gasteiger partial charge is 0.383 e. The minimum Gasteiger partial charge on any atom is -0.383 e. The summed E-state index contributed by atoms with van der Waals surface area (Å²) in [5.41, 5.74) is 2.65. The Bertz CT molecular complexity index is 307. The third-order valence-corrected chi connectivity index (χ3v) is 3.10. The molecule has 2 nitrogen and oxygen atoms in total. The summed E-state index contributed by atoms with van der Waals surface area (Å²) in [6.45, 7) is 4.13. The maximum atomic E-state index is 5.26. The van der Waals surface area contributed by atoms with Crippen LogP contribution in [0.2, 0.25) is 0 Å². The van der Waals surface area contributed by atoms with E-state index >= 15 is 0 Å². The van der Waals surface area contributed by atoms with Crippen LogP contribution >= 0.6 is 0 Å². The number of methoxy groups -OCH3 is 1. The third-order valence-electron chi connectivity index (χ3n) is 3.10. The second-order valence-electron chi connectivity index (χ2n) is 4.28. The molecule has 0 radical (unpaired) electrons. The molecule has 2 rings (SSSR count). The lowest BCUT2D eigenvalue weighted by molar-refractivity contribution is 0.181. The molecule has 0 spiro atoms. The first kappa shape index (κ1) is 10.5. The highest BCUT2D eigenvalue weighted by atomic mass is 16.5. The van der Waals surface area contributed by atoms with Gasteiger partial charge in [-0.2, -0.15) is 0 Å². The van der Waals surface area contributed by atoms with Gasteiger partial charge in [0.25, 0.3) is 0 Å². The van der Waals surface area contributed by atoms with E-state index in [0.717, 1.165) is 13.2 Å². The molecule has 82 valence electrons. The number of rotatable bonds is 3. The van der Waals surface area contributed by atoms with Gasteiger partial charge < -0.3 is 9.64 Å². The number of hydrogen-bond acceptors (Lipinski definition) is 2. The van der Waals surface area contributed by atoms with Crippen LogP contribution in [0.15, 0.2) is 24.3 Å². The Morgan fingerprint density at radius 3 is 2.73 bits per heavy atom. The number of hydrogen-bond donors (Lipinski definition) is 0. The van der Waals surface area contributed by atoms with E-state index in [-0.39, 0.29) is 0 Å². The van der Waals surface area contributed by atoms with Gasteiger partial charge in [0.2, 0.25) is 0 Å². The van der Waals surface area contributed by atoms with E-state index < -0.39 is 0 Å². The van der Waals surface area contributed by atoms with Crippen molar-refractivity contribution in [3.05, 3.63) is 29.8 Å². The van der Waals surface area contributed by atoms with Crippen molar-refractivity contribution < 1.29 is 4.74 Å². The van der Waals surface area contributed by atoms with Crippen LogP contribution in [0, 0.1) is 6.92 Å². The molecular weight excluding hydrogens is 186 g/mol. The fourth-order valence-corrected chi connectivity index (χ4v) is 2.28. The first-order valence-electron chi connectivity index (χ1n) is 5.63. The molecule has 0 saturated carbocycles. The average Bonchev–Trinajstić information content (AvgIpc) is 2.68. The molecule has 0 aliphatic carbocycles. The Kier molecular flexibility index (Phi) is 3.27. The summed E-state index contributed by atoms with van der Waals surface area (Å²) >= 11 is 0. The second kappa shape index (κ2) is 4.67. The molecule has 1 aromatic carbocycles. The first-order chi connectivity index (χ1) is 7.31. The van der Waals surface area contributed by atoms with Crippen LogP contribution in [-0.2, 0) is 4.74 Å². The highest BCUT2D eigenvalue weighted by Crippen LogP contribution is 2.25. The Labute approximate surface area is 91.9 Å². The van der Waals surface area contributed by atoms with Gasteiger partial charge in [0.15, 0.2) is 0 Å². The summed E-state index contributed by atoms with van der Waals surface area (Å²) in [6.07, 6.45) is 2.53. The number of nitrogens with zero attached hydrogens (tertiary/aromatic N) is 1. The van der Waals surface area contributed by atoms with E-state index in [1.807, 2.05) is 0 Å². The summed E-state index contributed by atoms with van der Waals surface area (Å²) in [5.74, 6) is 0. The van der Waals surface area contributed by atoms with Gasteiger partial charge >= 0.3 is 0 Å². The molecule has 1 aromatic rings. The van der Waals surface area contributed by atoms with Crippen LogP contribution in [0.1, 0.15) is 18.4 Å². The zero-order valence-corrected chi connectivity index (χ0v) is 9.57. The predicted molar refractivity (Wildman–Crippen MR) is 63.4 cm³/mol. The molecule has 15 heavy (non-hydrogen) atoms. The summed E-state index contributed by atoms with van der Waals surface area (Å²) in [5, 5.41) is 0. The zero-order chi connectivity index (χ0) is 10.7. The number of benzene rings is 1. The van der Waals surface area contributed by atoms with Crippen molar-refractivity contribution in [2.75, 3.05) is 25.2 Å². The topological polar surface area (TPSA) is 12.5 Å². The molecule has 0 amide bonds. The van der Waals surface area contributed by atoms with Crippen molar-refractivity contribution in [2.24, 2.45) is 0 Å². The van der Waals surface area contributed by atoms with Crippen LogP contribution in [-0.4, -0.2) is 26.3 Å². The van der Waals surface area contributed by atoms with E-state index in [9.17, 15) is 0 Å². The van der Waals surface area contributed by atoms with E-state index in [2.05, 4.69) is 36.1 Å². The van der Waals surface area contributed by atoms with Crippen LogP contribution in [0.5, 0.6) is 0 Å². The maximum absolute atomic E-state index is 5.26. The lowest BCUT2D eigenvalue weighted by atomic mass is 10.2. The standard InChI is InChI=1S/C13H19NO/c1-11-5-7-12(8-6-11)14-9-3-4-13(14)10-15-2/h5-8,13H,3-4,9-10H2,1-2H3/t13-/m0/s1. The fraction of sp³-hybridized carbons (Fsp3) is 0.538. The number of ether oxygens (including phenoxy) is 1. The Morgan fingerprint density at radius 2 is 2.07 bits per heavy atom. The Morgan fingerprint density at radius 1 is 1.33 bits per heavy atom. The van der Waals surface area contributed by atoms with Crippen molar-refractivity contribution >= 4 is 5.69 Å². The van der Waals surface area contributed by atoms with Gasteiger partial charge in [0.05, 0.1) is 12.6 Å². The van der Waals surface area contributed by atoms with Crippen molar-refractivity contribution in [1.82, 2.24) is 0 Å². The Hall–Kier alpha value is -1.02. The molecule has 0 unspecified atom stereocenters. The predicted octanol–water partition coefficient (Wildman–Crippen LogP) is 2.61. The first-order valence-corrected chi connectivity index (χ1v) is 5.63. The van der Waals surface area contributed by atoms with Crippen molar-refractivity contribution in [2.45, 2.75) is 25.8 Å². The zero-order valence-electron chi connectivity index (χ0n) is 9.57. The number of anilines is 1. The molecule has 0 N–H and O–H groups in total. The van der Waals surface area contributed by atoms with E-state index in [1.165, 1.54) is 24.1 Å². The summed E-state index contributed by atoms with van der Waals surface area (Å²) in [4.78, 5) is 2.46. The SMILES string of the molecule is COC[C@@H]1CCCN1c1ccc(C)cc1. The van der Waals surface area contributed by atoms with Gasteiger partial charge in [-0.3, -0.25) is 0 Å². The van der Waals surface area contributed by atoms with Gasteiger partial charge in [0.1, 0.15) is 0 Å². The summed E-state index contributed by atoms with van der Waals surface area (Å²) in [6, 6.07) is 9.35. The Balaban J connectivity index is 2.11. The molecule has 0 bridgehead atoms. The molecule has 0 aromatic heterocycles. The van der Waals surface area contributed by atoms with Crippen LogP contribution in [0.4, 0.5) is 5.69 Å². The lowest BCUT2D eigenvalue weighted by Gasteiger charge is -2.26. The molecular formula is C13H19NO. The van der Waals surface area contributed by atoms with Crippen LogP contribution in [0.3, 0.4) is 0 Å². The minimum absolute atomic E-state index is 0.567. The highest BCUT2D eigenvalue weighted by molar-refractivity contribution is 5.49. The van der Waals surface area contributed by atoms with E-state index in [1.54, 1.807) is 7.11 Å². The molecule has 1 saturated heterocycles. The van der Waals surface area contributed by atoms with Gasteiger partial charge in [0, 0.05) is 19.3 Å². The van der Waals surface area contributed by atoms with Gasteiger partial charge in [-0.25, -0.2) is 0 Å².